The fraction of sp³-hybridized carbons (Fsp3) is 0.278. The summed E-state index contributed by atoms with van der Waals surface area (Å²) in [7, 11) is 0. The van der Waals surface area contributed by atoms with E-state index in [0.29, 0.717) is 35.8 Å². The summed E-state index contributed by atoms with van der Waals surface area (Å²) in [4.78, 5) is 29.3. The van der Waals surface area contributed by atoms with Crippen LogP contribution in [0.1, 0.15) is 28.7 Å². The highest BCUT2D eigenvalue weighted by atomic mass is 32.1. The van der Waals surface area contributed by atoms with Gasteiger partial charge in [0.2, 0.25) is 0 Å². The minimum atomic E-state index is -0.149. The molecule has 1 N–H and O–H groups in total. The van der Waals surface area contributed by atoms with E-state index < -0.39 is 0 Å². The van der Waals surface area contributed by atoms with E-state index in [1.165, 1.54) is 17.4 Å². The molecule has 0 radical (unpaired) electrons. The number of carbonyl (C=O) groups is 1. The molecule has 0 fully saturated rings. The van der Waals surface area contributed by atoms with Crippen LogP contribution in [0.25, 0.3) is 4.96 Å². The lowest BCUT2D eigenvalue weighted by Gasteiger charge is -2.07. The molecule has 0 aliphatic carbocycles. The van der Waals surface area contributed by atoms with Crippen LogP contribution < -0.4 is 15.6 Å². The minimum Gasteiger partial charge on any atom is -0.494 e. The zero-order valence-corrected chi connectivity index (χ0v) is 14.9. The SMILES string of the molecule is CCOc1ccc(C(=O)NCCc2csc3nc(C)cc(=O)n23)cc1. The van der Waals surface area contributed by atoms with Gasteiger partial charge in [0.1, 0.15) is 5.75 Å². The molecule has 130 valence electrons. The number of hydrogen-bond acceptors (Lipinski definition) is 5. The second-order valence-corrected chi connectivity index (χ2v) is 6.38. The van der Waals surface area contributed by atoms with Crippen LogP contribution in [0.15, 0.2) is 40.5 Å². The molecule has 2 heterocycles. The Labute approximate surface area is 149 Å². The van der Waals surface area contributed by atoms with E-state index in [9.17, 15) is 9.59 Å². The number of benzene rings is 1. The third-order valence-electron chi connectivity index (χ3n) is 3.70. The van der Waals surface area contributed by atoms with Crippen molar-refractivity contribution in [1.29, 1.82) is 0 Å². The highest BCUT2D eigenvalue weighted by Crippen LogP contribution is 2.14. The molecule has 3 rings (SSSR count). The first-order valence-corrected chi connectivity index (χ1v) is 8.94. The topological polar surface area (TPSA) is 72.7 Å². The van der Waals surface area contributed by atoms with E-state index in [-0.39, 0.29) is 11.5 Å². The van der Waals surface area contributed by atoms with Gasteiger partial charge < -0.3 is 10.1 Å². The number of carbonyl (C=O) groups excluding carboxylic acids is 1. The normalized spacial score (nSPS) is 10.8. The average Bonchev–Trinajstić information content (AvgIpc) is 2.99. The smallest absolute Gasteiger partial charge is 0.258 e. The van der Waals surface area contributed by atoms with E-state index in [2.05, 4.69) is 10.3 Å². The van der Waals surface area contributed by atoms with E-state index >= 15 is 0 Å². The molecule has 0 saturated carbocycles. The Hall–Kier alpha value is -2.67. The quantitative estimate of drug-likeness (QED) is 0.735. The summed E-state index contributed by atoms with van der Waals surface area (Å²) in [6.07, 6.45) is 0.563. The molecule has 0 aliphatic rings. The van der Waals surface area contributed by atoms with Crippen molar-refractivity contribution in [2.75, 3.05) is 13.2 Å². The molecule has 0 spiro atoms. The van der Waals surface area contributed by atoms with Crippen molar-refractivity contribution in [2.24, 2.45) is 0 Å². The molecule has 0 saturated heterocycles. The van der Waals surface area contributed by atoms with Crippen LogP contribution in [0, 0.1) is 6.92 Å². The number of nitrogens with one attached hydrogen (secondary N) is 1. The number of amides is 1. The molecular weight excluding hydrogens is 338 g/mol. The number of aryl methyl sites for hydroxylation is 1. The highest BCUT2D eigenvalue weighted by Gasteiger charge is 2.09. The zero-order valence-electron chi connectivity index (χ0n) is 14.1. The van der Waals surface area contributed by atoms with Gasteiger partial charge in [-0.25, -0.2) is 4.98 Å². The van der Waals surface area contributed by atoms with Crippen molar-refractivity contribution in [3.05, 3.63) is 63.0 Å². The molecule has 7 heteroatoms. The summed E-state index contributed by atoms with van der Waals surface area (Å²) in [6.45, 7) is 4.75. The molecular formula is C18H19N3O3S. The van der Waals surface area contributed by atoms with Gasteiger partial charge in [-0.05, 0) is 38.1 Å². The number of ether oxygens (including phenoxy) is 1. The zero-order chi connectivity index (χ0) is 17.8. The summed E-state index contributed by atoms with van der Waals surface area (Å²) in [5.41, 5.74) is 2.05. The number of nitrogens with zero attached hydrogens (tertiary/aromatic N) is 2. The van der Waals surface area contributed by atoms with Crippen molar-refractivity contribution >= 4 is 22.2 Å². The van der Waals surface area contributed by atoms with Crippen LogP contribution in [-0.2, 0) is 6.42 Å². The van der Waals surface area contributed by atoms with Gasteiger partial charge in [-0.1, -0.05) is 0 Å². The lowest BCUT2D eigenvalue weighted by Crippen LogP contribution is -2.26. The highest BCUT2D eigenvalue weighted by molar-refractivity contribution is 7.15. The molecule has 25 heavy (non-hydrogen) atoms. The molecule has 0 atom stereocenters. The number of thiazole rings is 1. The summed E-state index contributed by atoms with van der Waals surface area (Å²) in [5, 5.41) is 4.78. The van der Waals surface area contributed by atoms with Gasteiger partial charge in [0.05, 0.1) is 6.61 Å². The van der Waals surface area contributed by atoms with Crippen LogP contribution in [0.4, 0.5) is 0 Å². The van der Waals surface area contributed by atoms with E-state index in [1.54, 1.807) is 35.6 Å². The molecule has 0 unspecified atom stereocenters. The minimum absolute atomic E-state index is 0.0865. The first-order chi connectivity index (χ1) is 12.1. The van der Waals surface area contributed by atoms with Gasteiger partial charge in [-0.3, -0.25) is 14.0 Å². The van der Waals surface area contributed by atoms with Crippen LogP contribution in [0.5, 0.6) is 5.75 Å². The maximum atomic E-state index is 12.2. The van der Waals surface area contributed by atoms with E-state index in [0.717, 1.165) is 11.4 Å². The fourth-order valence-corrected chi connectivity index (χ4v) is 3.51. The predicted octanol–water partition coefficient (Wildman–Crippen LogP) is 2.44. The second-order valence-electron chi connectivity index (χ2n) is 5.54. The van der Waals surface area contributed by atoms with Crippen LogP contribution >= 0.6 is 11.3 Å². The van der Waals surface area contributed by atoms with Gasteiger partial charge in [-0.2, -0.15) is 0 Å². The standard InChI is InChI=1S/C18H19N3O3S/c1-3-24-15-6-4-13(5-7-15)17(23)19-9-8-14-11-25-18-20-12(2)10-16(22)21(14)18/h4-7,10-11H,3,8-9H2,1-2H3,(H,19,23). The Bertz CT molecular complexity index is 944. The summed E-state index contributed by atoms with van der Waals surface area (Å²) >= 11 is 1.43. The van der Waals surface area contributed by atoms with Crippen molar-refractivity contribution in [3.8, 4) is 5.75 Å². The number of fused-ring (bicyclic) bond motifs is 1. The molecule has 1 aromatic carbocycles. The molecule has 0 bridgehead atoms. The molecule has 0 aliphatic heterocycles. The Balaban J connectivity index is 1.63. The van der Waals surface area contributed by atoms with Gasteiger partial charge in [-0.15, -0.1) is 11.3 Å². The largest absolute Gasteiger partial charge is 0.494 e. The second kappa shape index (κ2) is 7.48. The Morgan fingerprint density at radius 3 is 2.80 bits per heavy atom. The Morgan fingerprint density at radius 2 is 2.08 bits per heavy atom. The predicted molar refractivity (Wildman–Crippen MR) is 97.7 cm³/mol. The maximum Gasteiger partial charge on any atom is 0.258 e. The molecule has 3 aromatic rings. The van der Waals surface area contributed by atoms with Gasteiger partial charge in [0.15, 0.2) is 4.96 Å². The Morgan fingerprint density at radius 1 is 1.32 bits per heavy atom. The number of aromatic nitrogens is 2. The van der Waals surface area contributed by atoms with Crippen LogP contribution in [-0.4, -0.2) is 28.4 Å². The van der Waals surface area contributed by atoms with Crippen LogP contribution in [0.2, 0.25) is 0 Å². The number of rotatable bonds is 6. The van der Waals surface area contributed by atoms with Gasteiger partial charge in [0, 0.05) is 41.4 Å². The van der Waals surface area contributed by atoms with E-state index in [1.807, 2.05) is 12.3 Å². The van der Waals surface area contributed by atoms with Crippen molar-refractivity contribution in [1.82, 2.24) is 14.7 Å². The molecule has 1 amide bonds. The van der Waals surface area contributed by atoms with Crippen molar-refractivity contribution < 1.29 is 9.53 Å². The Kier molecular flexibility index (Phi) is 5.14. The summed E-state index contributed by atoms with van der Waals surface area (Å²) in [5.74, 6) is 0.592. The lowest BCUT2D eigenvalue weighted by atomic mass is 10.2. The number of hydrogen-bond donors (Lipinski definition) is 1. The third-order valence-corrected chi connectivity index (χ3v) is 4.57. The van der Waals surface area contributed by atoms with Gasteiger partial charge in [0.25, 0.3) is 11.5 Å². The fourth-order valence-electron chi connectivity index (χ4n) is 2.53. The lowest BCUT2D eigenvalue weighted by molar-refractivity contribution is 0.0954. The molecule has 2 aromatic heterocycles. The summed E-state index contributed by atoms with van der Waals surface area (Å²) in [6, 6.07) is 8.54. The maximum absolute atomic E-state index is 12.2. The average molecular weight is 357 g/mol. The monoisotopic (exact) mass is 357 g/mol. The first-order valence-electron chi connectivity index (χ1n) is 8.06. The molecule has 6 nitrogen and oxygen atoms in total. The first kappa shape index (κ1) is 17.2. The van der Waals surface area contributed by atoms with Crippen LogP contribution in [0.3, 0.4) is 0 Å². The van der Waals surface area contributed by atoms with E-state index in [4.69, 9.17) is 4.74 Å². The van der Waals surface area contributed by atoms with Crippen molar-refractivity contribution in [2.45, 2.75) is 20.3 Å². The summed E-state index contributed by atoms with van der Waals surface area (Å²) < 4.78 is 6.96. The van der Waals surface area contributed by atoms with Crippen molar-refractivity contribution in [3.63, 3.8) is 0 Å². The van der Waals surface area contributed by atoms with Gasteiger partial charge >= 0.3 is 0 Å². The third kappa shape index (κ3) is 3.88.